The van der Waals surface area contributed by atoms with Gasteiger partial charge >= 0.3 is 5.97 Å². The molecule has 0 spiro atoms. The number of aromatic carboxylic acids is 1. The van der Waals surface area contributed by atoms with Gasteiger partial charge in [0.25, 0.3) is 5.91 Å². The van der Waals surface area contributed by atoms with Crippen molar-refractivity contribution in [2.45, 2.75) is 6.61 Å². The number of halogens is 1. The first kappa shape index (κ1) is 15.2. The minimum Gasteiger partial charge on any atom is -0.478 e. The fraction of sp³-hybridized carbons (Fsp3) is 0.154. The van der Waals surface area contributed by atoms with Crippen molar-refractivity contribution in [3.8, 4) is 0 Å². The Labute approximate surface area is 128 Å². The number of carboxylic acids is 1. The molecule has 1 amide bonds. The maximum absolute atomic E-state index is 12.0. The van der Waals surface area contributed by atoms with E-state index in [9.17, 15) is 9.59 Å². The van der Waals surface area contributed by atoms with Crippen LogP contribution in [0.5, 0.6) is 0 Å². The largest absolute Gasteiger partial charge is 0.478 e. The zero-order valence-corrected chi connectivity index (χ0v) is 12.5. The van der Waals surface area contributed by atoms with Crippen molar-refractivity contribution in [1.82, 2.24) is 5.16 Å². The maximum Gasteiger partial charge on any atom is 0.335 e. The first-order valence-corrected chi connectivity index (χ1v) is 6.59. The lowest BCUT2D eigenvalue weighted by Gasteiger charge is -2.06. The van der Waals surface area contributed by atoms with Gasteiger partial charge in [-0.2, -0.15) is 0 Å². The summed E-state index contributed by atoms with van der Waals surface area (Å²) in [5.41, 5.74) is 0.472. The zero-order valence-electron chi connectivity index (χ0n) is 10.9. The zero-order chi connectivity index (χ0) is 15.4. The molecule has 0 bridgehead atoms. The molecule has 2 rings (SSSR count). The first-order valence-electron chi connectivity index (χ1n) is 5.80. The number of methoxy groups -OCH3 is 1. The van der Waals surface area contributed by atoms with Crippen LogP contribution in [0.4, 0.5) is 5.69 Å². The van der Waals surface area contributed by atoms with Crippen LogP contribution in [0.2, 0.25) is 0 Å². The van der Waals surface area contributed by atoms with Crippen LogP contribution < -0.4 is 5.32 Å². The van der Waals surface area contributed by atoms with Crippen LogP contribution in [-0.4, -0.2) is 29.2 Å². The molecule has 0 aliphatic heterocycles. The molecule has 0 saturated heterocycles. The molecule has 0 aliphatic rings. The van der Waals surface area contributed by atoms with E-state index in [0.717, 1.165) is 0 Å². The summed E-state index contributed by atoms with van der Waals surface area (Å²) in [7, 11) is 1.50. The Morgan fingerprint density at radius 3 is 2.86 bits per heavy atom. The Balaban J connectivity index is 2.18. The van der Waals surface area contributed by atoms with Crippen molar-refractivity contribution in [2.75, 3.05) is 12.4 Å². The summed E-state index contributed by atoms with van der Waals surface area (Å²) in [5.74, 6) is -1.17. The SMILES string of the molecule is COCc1cc(C(=O)Nc2cc(C(=O)O)ccc2Br)no1. The number of hydrogen-bond acceptors (Lipinski definition) is 5. The van der Waals surface area contributed by atoms with E-state index in [1.54, 1.807) is 0 Å². The van der Waals surface area contributed by atoms with Gasteiger partial charge in [-0.05, 0) is 34.1 Å². The highest BCUT2D eigenvalue weighted by Gasteiger charge is 2.15. The molecule has 21 heavy (non-hydrogen) atoms. The molecule has 1 aromatic heterocycles. The Morgan fingerprint density at radius 2 is 2.19 bits per heavy atom. The van der Waals surface area contributed by atoms with Gasteiger partial charge in [-0.1, -0.05) is 5.16 Å². The van der Waals surface area contributed by atoms with Crippen LogP contribution in [-0.2, 0) is 11.3 Å². The second-order valence-electron chi connectivity index (χ2n) is 4.07. The third kappa shape index (κ3) is 3.67. The molecule has 1 aromatic carbocycles. The smallest absolute Gasteiger partial charge is 0.335 e. The predicted octanol–water partition coefficient (Wildman–Crippen LogP) is 2.53. The Kier molecular flexibility index (Phi) is 4.71. The predicted molar refractivity (Wildman–Crippen MR) is 76.3 cm³/mol. The summed E-state index contributed by atoms with van der Waals surface area (Å²) < 4.78 is 10.3. The molecule has 0 atom stereocenters. The summed E-state index contributed by atoms with van der Waals surface area (Å²) in [6.07, 6.45) is 0. The number of carboxylic acid groups (broad SMARTS) is 1. The molecular weight excluding hydrogens is 344 g/mol. The van der Waals surface area contributed by atoms with Crippen LogP contribution in [0, 0.1) is 0 Å². The minimum absolute atomic E-state index is 0.0636. The van der Waals surface area contributed by atoms with E-state index in [-0.39, 0.29) is 17.9 Å². The van der Waals surface area contributed by atoms with Crippen molar-refractivity contribution in [1.29, 1.82) is 0 Å². The summed E-state index contributed by atoms with van der Waals surface area (Å²) in [4.78, 5) is 22.9. The van der Waals surface area contributed by atoms with Gasteiger partial charge < -0.3 is 19.7 Å². The van der Waals surface area contributed by atoms with Crippen LogP contribution in [0.1, 0.15) is 26.6 Å². The van der Waals surface area contributed by atoms with Crippen molar-refractivity contribution in [2.24, 2.45) is 0 Å². The normalized spacial score (nSPS) is 10.4. The number of hydrogen-bond donors (Lipinski definition) is 2. The van der Waals surface area contributed by atoms with E-state index in [1.807, 2.05) is 0 Å². The fourth-order valence-electron chi connectivity index (χ4n) is 1.57. The molecule has 0 radical (unpaired) electrons. The molecular formula is C13H11BrN2O5. The molecule has 0 unspecified atom stereocenters. The van der Waals surface area contributed by atoms with Gasteiger partial charge in [0.15, 0.2) is 11.5 Å². The van der Waals surface area contributed by atoms with E-state index in [0.29, 0.717) is 15.9 Å². The molecule has 7 nitrogen and oxygen atoms in total. The number of nitrogens with zero attached hydrogens (tertiary/aromatic N) is 1. The van der Waals surface area contributed by atoms with E-state index >= 15 is 0 Å². The van der Waals surface area contributed by atoms with Gasteiger partial charge in [-0.25, -0.2) is 4.79 Å². The average Bonchev–Trinajstić information content (AvgIpc) is 2.90. The van der Waals surface area contributed by atoms with Gasteiger partial charge in [-0.3, -0.25) is 4.79 Å². The average molecular weight is 355 g/mol. The lowest BCUT2D eigenvalue weighted by atomic mass is 10.2. The van der Waals surface area contributed by atoms with Crippen LogP contribution in [0.15, 0.2) is 33.3 Å². The minimum atomic E-state index is -1.08. The van der Waals surface area contributed by atoms with Gasteiger partial charge in [0.1, 0.15) is 6.61 Å². The monoisotopic (exact) mass is 354 g/mol. The Morgan fingerprint density at radius 1 is 1.43 bits per heavy atom. The molecule has 8 heteroatoms. The van der Waals surface area contributed by atoms with E-state index < -0.39 is 11.9 Å². The number of aromatic nitrogens is 1. The second-order valence-corrected chi connectivity index (χ2v) is 4.92. The summed E-state index contributed by atoms with van der Waals surface area (Å²) in [5, 5.41) is 15.1. The summed E-state index contributed by atoms with van der Waals surface area (Å²) in [6.45, 7) is 0.207. The molecule has 110 valence electrons. The lowest BCUT2D eigenvalue weighted by molar-refractivity contribution is 0.0696. The Bertz CT molecular complexity index is 683. The fourth-order valence-corrected chi connectivity index (χ4v) is 1.92. The molecule has 2 N–H and O–H groups in total. The van der Waals surface area contributed by atoms with Crippen LogP contribution >= 0.6 is 15.9 Å². The van der Waals surface area contributed by atoms with E-state index in [4.69, 9.17) is 14.4 Å². The number of anilines is 1. The summed E-state index contributed by atoms with van der Waals surface area (Å²) in [6, 6.07) is 5.77. The number of ether oxygens (including phenoxy) is 1. The third-order valence-electron chi connectivity index (χ3n) is 2.54. The van der Waals surface area contributed by atoms with Crippen LogP contribution in [0.25, 0.3) is 0 Å². The van der Waals surface area contributed by atoms with Gasteiger partial charge in [0.2, 0.25) is 0 Å². The van der Waals surface area contributed by atoms with E-state index in [1.165, 1.54) is 31.4 Å². The highest BCUT2D eigenvalue weighted by Crippen LogP contribution is 2.24. The first-order chi connectivity index (χ1) is 10.0. The number of carbonyl (C=O) groups excluding carboxylic acids is 1. The van der Waals surface area contributed by atoms with Gasteiger partial charge in [0.05, 0.1) is 11.3 Å². The highest BCUT2D eigenvalue weighted by molar-refractivity contribution is 9.10. The number of rotatable bonds is 5. The second kappa shape index (κ2) is 6.51. The Hall–Kier alpha value is -2.19. The standard InChI is InChI=1S/C13H11BrN2O5/c1-20-6-8-5-11(16-21-8)12(17)15-10-4-7(13(18)19)2-3-9(10)14/h2-5H,6H2,1H3,(H,15,17)(H,18,19). The third-order valence-corrected chi connectivity index (χ3v) is 3.23. The topological polar surface area (TPSA) is 102 Å². The van der Waals surface area contributed by atoms with Crippen molar-refractivity contribution < 1.29 is 24.0 Å². The molecule has 0 aliphatic carbocycles. The van der Waals surface area contributed by atoms with Gasteiger partial charge in [0, 0.05) is 17.6 Å². The number of amides is 1. The van der Waals surface area contributed by atoms with E-state index in [2.05, 4.69) is 26.4 Å². The van der Waals surface area contributed by atoms with Crippen LogP contribution in [0.3, 0.4) is 0 Å². The number of carbonyl (C=O) groups is 2. The van der Waals surface area contributed by atoms with Crippen molar-refractivity contribution in [3.05, 3.63) is 45.8 Å². The molecule has 2 aromatic rings. The van der Waals surface area contributed by atoms with Gasteiger partial charge in [-0.15, -0.1) is 0 Å². The highest BCUT2D eigenvalue weighted by atomic mass is 79.9. The van der Waals surface area contributed by atoms with Crippen molar-refractivity contribution >= 4 is 33.5 Å². The molecule has 0 fully saturated rings. The maximum atomic E-state index is 12.0. The summed E-state index contributed by atoms with van der Waals surface area (Å²) >= 11 is 3.24. The number of benzene rings is 1. The molecule has 1 heterocycles. The number of nitrogens with one attached hydrogen (secondary N) is 1. The quantitative estimate of drug-likeness (QED) is 0.855. The van der Waals surface area contributed by atoms with Crippen molar-refractivity contribution in [3.63, 3.8) is 0 Å². The lowest BCUT2D eigenvalue weighted by Crippen LogP contribution is -2.13. The molecule has 0 saturated carbocycles.